The fourth-order valence-electron chi connectivity index (χ4n) is 2.75. The highest BCUT2D eigenvalue weighted by Gasteiger charge is 2.37. The molecule has 0 spiro atoms. The van der Waals surface area contributed by atoms with Crippen LogP contribution in [0.15, 0.2) is 42.5 Å². The van der Waals surface area contributed by atoms with E-state index in [2.05, 4.69) is 0 Å². The van der Waals surface area contributed by atoms with Gasteiger partial charge in [0.15, 0.2) is 0 Å². The predicted octanol–water partition coefficient (Wildman–Crippen LogP) is 3.14. The van der Waals surface area contributed by atoms with Gasteiger partial charge in [-0.25, -0.2) is 14.5 Å². The smallest absolute Gasteiger partial charge is 0.338 e. The first kappa shape index (κ1) is 18.3. The number of amides is 2. The third-order valence-corrected chi connectivity index (χ3v) is 4.23. The molecule has 0 saturated carbocycles. The molecule has 0 atom stereocenters. The Hall–Kier alpha value is -3.48. The summed E-state index contributed by atoms with van der Waals surface area (Å²) in [7, 11) is 0. The topological polar surface area (TPSA) is 101 Å². The minimum Gasteiger partial charge on any atom is -0.478 e. The third kappa shape index (κ3) is 3.44. The Bertz CT molecular complexity index is 932. The van der Waals surface area contributed by atoms with Crippen LogP contribution in [0.5, 0.6) is 0 Å². The van der Waals surface area contributed by atoms with Crippen LogP contribution in [0.3, 0.4) is 0 Å². The summed E-state index contributed by atoms with van der Waals surface area (Å²) in [6.45, 7) is 2.32. The van der Waals surface area contributed by atoms with E-state index in [0.29, 0.717) is 17.9 Å². The van der Waals surface area contributed by atoms with Crippen LogP contribution in [0.4, 0.5) is 5.69 Å². The number of ether oxygens (including phenoxy) is 1. The zero-order valence-electron chi connectivity index (χ0n) is 14.6. The molecule has 7 nitrogen and oxygen atoms in total. The molecule has 138 valence electrons. The fraction of sp³-hybridized carbons (Fsp3) is 0.200. The number of rotatable bonds is 6. The fourth-order valence-corrected chi connectivity index (χ4v) is 2.75. The quantitative estimate of drug-likeness (QED) is 0.478. The first-order chi connectivity index (χ1) is 12.9. The van der Waals surface area contributed by atoms with E-state index >= 15 is 0 Å². The lowest BCUT2D eigenvalue weighted by Crippen LogP contribution is -2.29. The number of fused-ring (bicyclic) bond motifs is 1. The number of imide groups is 1. The SMILES string of the molecule is CCCCOC(=O)c1ccc(N2C(=O)c3ccc(C(=O)O)cc3C2=O)cc1. The summed E-state index contributed by atoms with van der Waals surface area (Å²) in [5, 5.41) is 9.06. The lowest BCUT2D eigenvalue weighted by atomic mass is 10.1. The number of anilines is 1. The zero-order chi connectivity index (χ0) is 19.6. The van der Waals surface area contributed by atoms with E-state index in [0.717, 1.165) is 17.7 Å². The van der Waals surface area contributed by atoms with Gasteiger partial charge in [-0.1, -0.05) is 13.3 Å². The highest BCUT2D eigenvalue weighted by molar-refractivity contribution is 6.34. The molecule has 0 fully saturated rings. The third-order valence-electron chi connectivity index (χ3n) is 4.23. The molecule has 0 unspecified atom stereocenters. The average molecular weight is 367 g/mol. The van der Waals surface area contributed by atoms with Gasteiger partial charge in [-0.2, -0.15) is 0 Å². The van der Waals surface area contributed by atoms with Crippen molar-refractivity contribution in [3.05, 3.63) is 64.7 Å². The molecule has 1 aliphatic heterocycles. The van der Waals surface area contributed by atoms with Crippen LogP contribution >= 0.6 is 0 Å². The Morgan fingerprint density at radius 1 is 0.963 bits per heavy atom. The molecule has 2 amide bonds. The largest absolute Gasteiger partial charge is 0.478 e. The van der Waals surface area contributed by atoms with Gasteiger partial charge in [-0.3, -0.25) is 9.59 Å². The molecule has 1 heterocycles. The van der Waals surface area contributed by atoms with Crippen molar-refractivity contribution in [3.63, 3.8) is 0 Å². The van der Waals surface area contributed by atoms with E-state index in [1.165, 1.54) is 42.5 Å². The van der Waals surface area contributed by atoms with E-state index in [1.54, 1.807) is 0 Å². The summed E-state index contributed by atoms with van der Waals surface area (Å²) >= 11 is 0. The zero-order valence-corrected chi connectivity index (χ0v) is 14.6. The minimum atomic E-state index is -1.18. The summed E-state index contributed by atoms with van der Waals surface area (Å²) in [6.07, 6.45) is 1.69. The average Bonchev–Trinajstić information content (AvgIpc) is 2.92. The first-order valence-corrected chi connectivity index (χ1v) is 8.47. The van der Waals surface area contributed by atoms with Crippen LogP contribution in [-0.2, 0) is 4.74 Å². The maximum Gasteiger partial charge on any atom is 0.338 e. The van der Waals surface area contributed by atoms with Crippen LogP contribution in [0, 0.1) is 0 Å². The van der Waals surface area contributed by atoms with Gasteiger partial charge in [0.25, 0.3) is 11.8 Å². The van der Waals surface area contributed by atoms with Crippen molar-refractivity contribution < 1.29 is 29.0 Å². The minimum absolute atomic E-state index is 0.0444. The van der Waals surface area contributed by atoms with Gasteiger partial charge in [0.2, 0.25) is 0 Å². The number of hydrogen-bond acceptors (Lipinski definition) is 5. The number of unbranched alkanes of at least 4 members (excludes halogenated alkanes) is 1. The molecule has 1 N–H and O–H groups in total. The molecule has 7 heteroatoms. The Labute approximate surface area is 155 Å². The molecule has 2 aromatic carbocycles. The van der Waals surface area contributed by atoms with Crippen LogP contribution in [0.25, 0.3) is 0 Å². The van der Waals surface area contributed by atoms with E-state index in [4.69, 9.17) is 9.84 Å². The van der Waals surface area contributed by atoms with Gasteiger partial charge in [-0.05, 0) is 48.9 Å². The van der Waals surface area contributed by atoms with Crippen molar-refractivity contribution >= 4 is 29.4 Å². The van der Waals surface area contributed by atoms with E-state index < -0.39 is 23.8 Å². The molecular weight excluding hydrogens is 350 g/mol. The van der Waals surface area contributed by atoms with Crippen molar-refractivity contribution in [2.24, 2.45) is 0 Å². The number of hydrogen-bond donors (Lipinski definition) is 1. The number of nitrogens with zero attached hydrogens (tertiary/aromatic N) is 1. The maximum atomic E-state index is 12.6. The number of esters is 1. The Balaban J connectivity index is 1.83. The van der Waals surface area contributed by atoms with Crippen LogP contribution < -0.4 is 4.90 Å². The molecule has 27 heavy (non-hydrogen) atoms. The lowest BCUT2D eigenvalue weighted by Gasteiger charge is -2.14. The Morgan fingerprint density at radius 3 is 2.22 bits per heavy atom. The second kappa shape index (κ2) is 7.41. The van der Waals surface area contributed by atoms with Gasteiger partial charge in [0.1, 0.15) is 0 Å². The van der Waals surface area contributed by atoms with Gasteiger partial charge in [0, 0.05) is 0 Å². The first-order valence-electron chi connectivity index (χ1n) is 8.47. The molecule has 1 aliphatic rings. The number of carbonyl (C=O) groups excluding carboxylic acids is 3. The standard InChI is InChI=1S/C20H17NO6/c1-2-3-10-27-20(26)12-4-7-14(8-5-12)21-17(22)15-9-6-13(19(24)25)11-16(15)18(21)23/h4-9,11H,2-3,10H2,1H3,(H,24,25). The second-order valence-corrected chi connectivity index (χ2v) is 6.05. The number of aromatic carboxylic acids is 1. The number of carboxylic acids is 1. The van der Waals surface area contributed by atoms with E-state index in [1.807, 2.05) is 6.92 Å². The molecule has 0 radical (unpaired) electrons. The molecule has 0 bridgehead atoms. The highest BCUT2D eigenvalue weighted by Crippen LogP contribution is 2.29. The molecule has 0 aromatic heterocycles. The van der Waals surface area contributed by atoms with Gasteiger partial charge < -0.3 is 9.84 Å². The van der Waals surface area contributed by atoms with Crippen molar-refractivity contribution in [3.8, 4) is 0 Å². The van der Waals surface area contributed by atoms with Crippen LogP contribution in [0.2, 0.25) is 0 Å². The van der Waals surface area contributed by atoms with Crippen molar-refractivity contribution in [1.29, 1.82) is 0 Å². The molecular formula is C20H17NO6. The maximum absolute atomic E-state index is 12.6. The Kier molecular flexibility index (Phi) is 5.03. The monoisotopic (exact) mass is 367 g/mol. The number of benzene rings is 2. The highest BCUT2D eigenvalue weighted by atomic mass is 16.5. The summed E-state index contributed by atoms with van der Waals surface area (Å²) in [5.74, 6) is -2.78. The number of carbonyl (C=O) groups is 4. The summed E-state index contributed by atoms with van der Waals surface area (Å²) in [6, 6.07) is 9.74. The summed E-state index contributed by atoms with van der Waals surface area (Å²) in [4.78, 5) is 49.1. The van der Waals surface area contributed by atoms with Crippen molar-refractivity contribution in [1.82, 2.24) is 0 Å². The number of carboxylic acid groups (broad SMARTS) is 1. The van der Waals surface area contributed by atoms with E-state index in [-0.39, 0.29) is 16.7 Å². The Morgan fingerprint density at radius 2 is 1.59 bits per heavy atom. The van der Waals surface area contributed by atoms with E-state index in [9.17, 15) is 19.2 Å². The molecule has 0 aliphatic carbocycles. The summed E-state index contributed by atoms with van der Waals surface area (Å²) in [5.41, 5.74) is 0.737. The molecule has 0 saturated heterocycles. The van der Waals surface area contributed by atoms with Crippen LogP contribution in [0.1, 0.15) is 61.2 Å². The second-order valence-electron chi connectivity index (χ2n) is 6.05. The molecule has 2 aromatic rings. The van der Waals surface area contributed by atoms with Crippen LogP contribution in [-0.4, -0.2) is 35.5 Å². The van der Waals surface area contributed by atoms with Crippen molar-refractivity contribution in [2.75, 3.05) is 11.5 Å². The van der Waals surface area contributed by atoms with Gasteiger partial charge in [-0.15, -0.1) is 0 Å². The van der Waals surface area contributed by atoms with Gasteiger partial charge in [0.05, 0.1) is 34.5 Å². The predicted molar refractivity (Wildman–Crippen MR) is 96.2 cm³/mol. The normalized spacial score (nSPS) is 12.9. The lowest BCUT2D eigenvalue weighted by molar-refractivity contribution is 0.0499. The molecule has 3 rings (SSSR count). The summed E-state index contributed by atoms with van der Waals surface area (Å²) < 4.78 is 5.12. The van der Waals surface area contributed by atoms with Crippen molar-refractivity contribution in [2.45, 2.75) is 19.8 Å². The van der Waals surface area contributed by atoms with Gasteiger partial charge >= 0.3 is 11.9 Å².